The van der Waals surface area contributed by atoms with E-state index in [1.165, 1.54) is 0 Å². The van der Waals surface area contributed by atoms with E-state index in [-0.39, 0.29) is 5.75 Å². The van der Waals surface area contributed by atoms with Crippen LogP contribution in [0.5, 0.6) is 5.75 Å². The quantitative estimate of drug-likeness (QED) is 0.574. The van der Waals surface area contributed by atoms with Gasteiger partial charge in [0.2, 0.25) is 0 Å². The molecular weight excluding hydrogens is 212 g/mol. The maximum Gasteiger partial charge on any atom is 0.129 e. The van der Waals surface area contributed by atoms with Crippen molar-refractivity contribution in [3.63, 3.8) is 0 Å². The van der Waals surface area contributed by atoms with Crippen molar-refractivity contribution in [2.75, 3.05) is 5.73 Å². The predicted molar refractivity (Wildman–Crippen MR) is 60.8 cm³/mol. The van der Waals surface area contributed by atoms with Gasteiger partial charge in [-0.05, 0) is 24.3 Å². The van der Waals surface area contributed by atoms with E-state index in [0.29, 0.717) is 22.1 Å². The number of aromatic nitrogens is 1. The van der Waals surface area contributed by atoms with Crippen LogP contribution in [0.2, 0.25) is 5.15 Å². The molecule has 0 aliphatic rings. The lowest BCUT2D eigenvalue weighted by molar-refractivity contribution is 0.477. The minimum absolute atomic E-state index is 0.102. The van der Waals surface area contributed by atoms with Gasteiger partial charge >= 0.3 is 0 Å². The molecule has 4 heteroatoms. The summed E-state index contributed by atoms with van der Waals surface area (Å²) in [7, 11) is 0. The highest BCUT2D eigenvalue weighted by molar-refractivity contribution is 6.29. The molecule has 1 heterocycles. The molecule has 2 rings (SSSR count). The summed E-state index contributed by atoms with van der Waals surface area (Å²) in [6, 6.07) is 10.1. The van der Waals surface area contributed by atoms with Crippen LogP contribution in [0.4, 0.5) is 5.69 Å². The van der Waals surface area contributed by atoms with Crippen LogP contribution < -0.4 is 5.73 Å². The summed E-state index contributed by atoms with van der Waals surface area (Å²) < 4.78 is 0. The third-order valence-corrected chi connectivity index (χ3v) is 2.26. The molecule has 3 nitrogen and oxygen atoms in total. The molecule has 15 heavy (non-hydrogen) atoms. The van der Waals surface area contributed by atoms with Crippen molar-refractivity contribution in [1.82, 2.24) is 4.98 Å². The van der Waals surface area contributed by atoms with Gasteiger partial charge in [0.1, 0.15) is 10.9 Å². The Morgan fingerprint density at radius 1 is 1.13 bits per heavy atom. The zero-order chi connectivity index (χ0) is 10.8. The van der Waals surface area contributed by atoms with Gasteiger partial charge in [-0.2, -0.15) is 0 Å². The SMILES string of the molecule is Nc1cccc(O)c1-c1cccc(Cl)n1. The number of benzene rings is 1. The predicted octanol–water partition coefficient (Wildman–Crippen LogP) is 2.69. The van der Waals surface area contributed by atoms with E-state index >= 15 is 0 Å². The molecule has 76 valence electrons. The Kier molecular flexibility index (Phi) is 2.47. The topological polar surface area (TPSA) is 59.1 Å². The van der Waals surface area contributed by atoms with Crippen LogP contribution in [-0.4, -0.2) is 10.1 Å². The zero-order valence-corrected chi connectivity index (χ0v) is 8.57. The molecule has 1 aromatic carbocycles. The van der Waals surface area contributed by atoms with Gasteiger partial charge in [0.15, 0.2) is 0 Å². The monoisotopic (exact) mass is 220 g/mol. The van der Waals surface area contributed by atoms with E-state index in [1.54, 1.807) is 36.4 Å². The number of pyridine rings is 1. The van der Waals surface area contributed by atoms with Crippen LogP contribution in [0.3, 0.4) is 0 Å². The summed E-state index contributed by atoms with van der Waals surface area (Å²) in [6.45, 7) is 0. The van der Waals surface area contributed by atoms with Crippen LogP contribution in [0.1, 0.15) is 0 Å². The number of nitrogens with two attached hydrogens (primary N) is 1. The molecule has 0 atom stereocenters. The number of phenolic OH excluding ortho intramolecular Hbond substituents is 1. The first kappa shape index (κ1) is 9.80. The second-order valence-electron chi connectivity index (χ2n) is 3.09. The fourth-order valence-electron chi connectivity index (χ4n) is 1.38. The molecular formula is C11H9ClN2O. The number of phenols is 1. The van der Waals surface area contributed by atoms with Gasteiger partial charge < -0.3 is 10.8 Å². The molecule has 0 saturated heterocycles. The highest BCUT2D eigenvalue weighted by atomic mass is 35.5. The number of hydrogen-bond donors (Lipinski definition) is 2. The molecule has 1 aromatic heterocycles. The van der Waals surface area contributed by atoms with Gasteiger partial charge in [0, 0.05) is 5.69 Å². The molecule has 0 spiro atoms. The Balaban J connectivity index is 2.63. The van der Waals surface area contributed by atoms with Gasteiger partial charge in [-0.3, -0.25) is 0 Å². The molecule has 0 bridgehead atoms. The first-order valence-corrected chi connectivity index (χ1v) is 4.76. The Morgan fingerprint density at radius 2 is 1.87 bits per heavy atom. The normalized spacial score (nSPS) is 10.2. The fourth-order valence-corrected chi connectivity index (χ4v) is 1.55. The van der Waals surface area contributed by atoms with Gasteiger partial charge in [-0.25, -0.2) is 4.98 Å². The Labute approximate surface area is 92.1 Å². The van der Waals surface area contributed by atoms with E-state index in [4.69, 9.17) is 17.3 Å². The van der Waals surface area contributed by atoms with Crippen LogP contribution >= 0.6 is 11.6 Å². The van der Waals surface area contributed by atoms with Gasteiger partial charge in [-0.1, -0.05) is 23.7 Å². The number of nitrogens with zero attached hydrogens (tertiary/aromatic N) is 1. The van der Waals surface area contributed by atoms with Crippen molar-refractivity contribution in [3.05, 3.63) is 41.6 Å². The fraction of sp³-hybridized carbons (Fsp3) is 0. The molecule has 0 fully saturated rings. The molecule has 0 aliphatic carbocycles. The number of halogens is 1. The maximum absolute atomic E-state index is 9.67. The summed E-state index contributed by atoms with van der Waals surface area (Å²) >= 11 is 5.77. The van der Waals surface area contributed by atoms with E-state index < -0.39 is 0 Å². The van der Waals surface area contributed by atoms with Crippen molar-refractivity contribution >= 4 is 17.3 Å². The lowest BCUT2D eigenvalue weighted by atomic mass is 10.1. The third kappa shape index (κ3) is 1.87. The largest absolute Gasteiger partial charge is 0.507 e. The molecule has 0 saturated carbocycles. The van der Waals surface area contributed by atoms with Crippen LogP contribution in [-0.2, 0) is 0 Å². The second-order valence-corrected chi connectivity index (χ2v) is 3.47. The molecule has 0 aliphatic heterocycles. The van der Waals surface area contributed by atoms with Crippen molar-refractivity contribution < 1.29 is 5.11 Å². The standard InChI is InChI=1S/C11H9ClN2O/c12-10-6-2-4-8(14-10)11-7(13)3-1-5-9(11)15/h1-6,15H,13H2. The molecule has 0 radical (unpaired) electrons. The lowest BCUT2D eigenvalue weighted by Gasteiger charge is -2.07. The highest BCUT2D eigenvalue weighted by Crippen LogP contribution is 2.33. The number of rotatable bonds is 1. The van der Waals surface area contributed by atoms with Gasteiger partial charge in [0.05, 0.1) is 11.3 Å². The minimum atomic E-state index is 0.102. The minimum Gasteiger partial charge on any atom is -0.507 e. The van der Waals surface area contributed by atoms with E-state index in [1.807, 2.05) is 0 Å². The summed E-state index contributed by atoms with van der Waals surface area (Å²) in [5, 5.41) is 10.0. The van der Waals surface area contributed by atoms with E-state index in [0.717, 1.165) is 0 Å². The number of aromatic hydroxyl groups is 1. The first-order valence-electron chi connectivity index (χ1n) is 4.39. The van der Waals surface area contributed by atoms with Crippen molar-refractivity contribution in [1.29, 1.82) is 0 Å². The number of anilines is 1. The van der Waals surface area contributed by atoms with Crippen LogP contribution in [0.25, 0.3) is 11.3 Å². The summed E-state index contributed by atoms with van der Waals surface area (Å²) in [4.78, 5) is 4.09. The third-order valence-electron chi connectivity index (χ3n) is 2.05. The average Bonchev–Trinajstić information content (AvgIpc) is 2.17. The lowest BCUT2D eigenvalue weighted by Crippen LogP contribution is -1.92. The highest BCUT2D eigenvalue weighted by Gasteiger charge is 2.09. The van der Waals surface area contributed by atoms with Crippen LogP contribution in [0.15, 0.2) is 36.4 Å². The summed E-state index contributed by atoms with van der Waals surface area (Å²) in [6.07, 6.45) is 0. The number of hydrogen-bond acceptors (Lipinski definition) is 3. The van der Waals surface area contributed by atoms with E-state index in [9.17, 15) is 5.11 Å². The van der Waals surface area contributed by atoms with Crippen molar-refractivity contribution in [3.8, 4) is 17.0 Å². The Hall–Kier alpha value is -1.74. The van der Waals surface area contributed by atoms with Gasteiger partial charge in [0.25, 0.3) is 0 Å². The smallest absolute Gasteiger partial charge is 0.129 e. The summed E-state index contributed by atoms with van der Waals surface area (Å²) in [5.74, 6) is 0.102. The Bertz CT molecular complexity index is 479. The van der Waals surface area contributed by atoms with E-state index in [2.05, 4.69) is 4.98 Å². The molecule has 3 N–H and O–H groups in total. The average molecular weight is 221 g/mol. The van der Waals surface area contributed by atoms with Crippen molar-refractivity contribution in [2.45, 2.75) is 0 Å². The summed E-state index contributed by atoms with van der Waals surface area (Å²) in [5.41, 5.74) is 7.32. The van der Waals surface area contributed by atoms with Crippen molar-refractivity contribution in [2.24, 2.45) is 0 Å². The van der Waals surface area contributed by atoms with Crippen LogP contribution in [0, 0.1) is 0 Å². The molecule has 0 unspecified atom stereocenters. The second kappa shape index (κ2) is 3.79. The number of nitrogen functional groups attached to an aromatic ring is 1. The maximum atomic E-state index is 9.67. The van der Waals surface area contributed by atoms with Gasteiger partial charge in [-0.15, -0.1) is 0 Å². The first-order chi connectivity index (χ1) is 7.18. The zero-order valence-electron chi connectivity index (χ0n) is 7.81. The molecule has 0 amide bonds. The molecule has 2 aromatic rings. The Morgan fingerprint density at radius 3 is 2.53 bits per heavy atom.